The first kappa shape index (κ1) is 17.0. The van der Waals surface area contributed by atoms with Crippen molar-refractivity contribution in [3.63, 3.8) is 0 Å². The van der Waals surface area contributed by atoms with Crippen molar-refractivity contribution >= 4 is 18.4 Å². The van der Waals surface area contributed by atoms with Crippen molar-refractivity contribution in [2.45, 2.75) is 39.0 Å². The van der Waals surface area contributed by atoms with Gasteiger partial charge in [0.25, 0.3) is 0 Å². The molecule has 0 aromatic carbocycles. The minimum absolute atomic E-state index is 0.104. The van der Waals surface area contributed by atoms with E-state index in [2.05, 4.69) is 22.9 Å². The van der Waals surface area contributed by atoms with E-state index < -0.39 is 0 Å². The fourth-order valence-corrected chi connectivity index (χ4v) is 1.75. The Labute approximate surface area is 126 Å². The molecule has 0 bridgehead atoms. The van der Waals surface area contributed by atoms with Crippen LogP contribution in [0.3, 0.4) is 0 Å². The van der Waals surface area contributed by atoms with E-state index >= 15 is 0 Å². The summed E-state index contributed by atoms with van der Waals surface area (Å²) in [7, 11) is 0. The summed E-state index contributed by atoms with van der Waals surface area (Å²) in [6.07, 6.45) is 3.09. The summed E-state index contributed by atoms with van der Waals surface area (Å²) < 4.78 is 5.50. The van der Waals surface area contributed by atoms with Gasteiger partial charge in [0.1, 0.15) is 12.4 Å². The third kappa shape index (κ3) is 6.91. The Kier molecular flexibility index (Phi) is 7.62. The quantitative estimate of drug-likeness (QED) is 0.417. The number of hydrogen-bond donors (Lipinski definition) is 2. The number of carbonyl (C=O) groups excluding carboxylic acids is 1. The molecule has 0 spiro atoms. The number of ether oxygens (including phenoxy) is 1. The number of aromatic nitrogens is 1. The van der Waals surface area contributed by atoms with Gasteiger partial charge in [-0.05, 0) is 18.9 Å². The first-order valence-corrected chi connectivity index (χ1v) is 7.52. The minimum Gasteiger partial charge on any atom is -0.476 e. The molecule has 1 aromatic rings. The first-order chi connectivity index (χ1) is 9.49. The van der Waals surface area contributed by atoms with Crippen LogP contribution >= 0.6 is 12.6 Å². The van der Waals surface area contributed by atoms with E-state index in [0.717, 1.165) is 18.5 Å². The van der Waals surface area contributed by atoms with Gasteiger partial charge in [0.05, 0.1) is 0 Å². The lowest BCUT2D eigenvalue weighted by Crippen LogP contribution is -2.26. The minimum atomic E-state index is 0.104. The Balaban J connectivity index is 2.31. The lowest BCUT2D eigenvalue weighted by atomic mass is 10.0. The average Bonchev–Trinajstić information content (AvgIpc) is 2.42. The molecule has 4 nitrogen and oxygen atoms in total. The Morgan fingerprint density at radius 2 is 2.15 bits per heavy atom. The number of rotatable bonds is 9. The maximum Gasteiger partial charge on any atom is 0.213 e. The number of hydrogen-bond acceptors (Lipinski definition) is 5. The molecule has 1 heterocycles. The first-order valence-electron chi connectivity index (χ1n) is 7.01. The summed E-state index contributed by atoms with van der Waals surface area (Å²) in [4.78, 5) is 15.8. The molecule has 1 unspecified atom stereocenters. The van der Waals surface area contributed by atoms with E-state index in [1.165, 1.54) is 0 Å². The molecule has 0 saturated carbocycles. The Morgan fingerprint density at radius 1 is 1.40 bits per heavy atom. The van der Waals surface area contributed by atoms with Gasteiger partial charge in [0.2, 0.25) is 5.88 Å². The molecule has 0 aliphatic heterocycles. The van der Waals surface area contributed by atoms with Crippen LogP contribution in [0, 0.1) is 5.92 Å². The van der Waals surface area contributed by atoms with Gasteiger partial charge in [-0.25, -0.2) is 4.98 Å². The zero-order valence-corrected chi connectivity index (χ0v) is 13.3. The number of aryl methyl sites for hydroxylation is 1. The molecule has 1 N–H and O–H groups in total. The molecule has 1 atom stereocenters. The Bertz CT molecular complexity index is 405. The number of pyridine rings is 1. The molecular weight excluding hydrogens is 272 g/mol. The maximum absolute atomic E-state index is 11.6. The van der Waals surface area contributed by atoms with Gasteiger partial charge < -0.3 is 10.1 Å². The molecule has 0 aliphatic rings. The molecule has 20 heavy (non-hydrogen) atoms. The number of nitrogens with one attached hydrogen (secondary N) is 1. The third-order valence-corrected chi connectivity index (χ3v) is 3.08. The largest absolute Gasteiger partial charge is 0.476 e. The Hall–Kier alpha value is -1.07. The van der Waals surface area contributed by atoms with E-state index in [1.807, 2.05) is 32.9 Å². The van der Waals surface area contributed by atoms with Gasteiger partial charge >= 0.3 is 0 Å². The number of Topliss-reactive ketones (excluding diaryl/α,β-unsaturated/α-hetero) is 1. The van der Waals surface area contributed by atoms with Crippen LogP contribution in [-0.4, -0.2) is 29.3 Å². The molecule has 0 radical (unpaired) electrons. The van der Waals surface area contributed by atoms with Crippen LogP contribution in [0.25, 0.3) is 0 Å². The molecular formula is C15H24N2O2S. The summed E-state index contributed by atoms with van der Waals surface area (Å²) in [5, 5.41) is 3.30. The fraction of sp³-hybridized carbons (Fsp3) is 0.600. The van der Waals surface area contributed by atoms with Gasteiger partial charge in [0, 0.05) is 36.5 Å². The second-order valence-electron chi connectivity index (χ2n) is 5.10. The number of thiol groups is 1. The molecule has 5 heteroatoms. The highest BCUT2D eigenvalue weighted by molar-refractivity contribution is 7.80. The van der Waals surface area contributed by atoms with Crippen LogP contribution < -0.4 is 10.1 Å². The topological polar surface area (TPSA) is 51.2 Å². The highest BCUT2D eigenvalue weighted by Crippen LogP contribution is 2.10. The third-order valence-electron chi connectivity index (χ3n) is 2.89. The van der Waals surface area contributed by atoms with Crippen molar-refractivity contribution in [2.24, 2.45) is 5.92 Å². The van der Waals surface area contributed by atoms with Gasteiger partial charge in [-0.2, -0.15) is 12.6 Å². The predicted molar refractivity (Wildman–Crippen MR) is 84.3 cm³/mol. The van der Waals surface area contributed by atoms with E-state index in [-0.39, 0.29) is 17.1 Å². The summed E-state index contributed by atoms with van der Waals surface area (Å²) in [5.41, 5.74) is 1.06. The van der Waals surface area contributed by atoms with Gasteiger partial charge in [-0.3, -0.25) is 4.79 Å². The molecule has 0 fully saturated rings. The van der Waals surface area contributed by atoms with E-state index in [4.69, 9.17) is 4.74 Å². The monoisotopic (exact) mass is 296 g/mol. The molecule has 0 saturated heterocycles. The van der Waals surface area contributed by atoms with Crippen LogP contribution in [-0.2, 0) is 11.2 Å². The van der Waals surface area contributed by atoms with Crippen LogP contribution in [0.1, 0.15) is 32.8 Å². The predicted octanol–water partition coefficient (Wildman–Crippen LogP) is 2.48. The molecule has 1 aromatic heterocycles. The summed E-state index contributed by atoms with van der Waals surface area (Å²) in [5.74, 6) is 1.00. The Morgan fingerprint density at radius 3 is 2.70 bits per heavy atom. The van der Waals surface area contributed by atoms with Crippen molar-refractivity contribution in [3.8, 4) is 5.88 Å². The average molecular weight is 296 g/mol. The maximum atomic E-state index is 11.6. The van der Waals surface area contributed by atoms with Crippen LogP contribution in [0.15, 0.2) is 18.3 Å². The smallest absolute Gasteiger partial charge is 0.213 e. The van der Waals surface area contributed by atoms with Gasteiger partial charge in [0.15, 0.2) is 0 Å². The highest BCUT2D eigenvalue weighted by Gasteiger charge is 2.07. The van der Waals surface area contributed by atoms with Crippen molar-refractivity contribution < 1.29 is 9.53 Å². The zero-order valence-electron chi connectivity index (χ0n) is 12.4. The van der Waals surface area contributed by atoms with Crippen LogP contribution in [0.2, 0.25) is 0 Å². The van der Waals surface area contributed by atoms with E-state index in [0.29, 0.717) is 18.9 Å². The molecule has 0 amide bonds. The van der Waals surface area contributed by atoms with Crippen LogP contribution in [0.5, 0.6) is 5.88 Å². The highest BCUT2D eigenvalue weighted by atomic mass is 32.1. The van der Waals surface area contributed by atoms with E-state index in [9.17, 15) is 4.79 Å². The lowest BCUT2D eigenvalue weighted by molar-refractivity contribution is -0.121. The second-order valence-corrected chi connectivity index (χ2v) is 5.88. The SMILES string of the molecule is CC(S)NCCOc1ccc(CCC(=O)C(C)C)cn1. The van der Waals surface area contributed by atoms with Crippen molar-refractivity contribution in [3.05, 3.63) is 23.9 Å². The van der Waals surface area contributed by atoms with Gasteiger partial charge in [-0.1, -0.05) is 19.9 Å². The summed E-state index contributed by atoms with van der Waals surface area (Å²) in [6, 6.07) is 3.81. The normalized spacial score (nSPS) is 12.4. The van der Waals surface area contributed by atoms with Crippen LogP contribution in [0.4, 0.5) is 0 Å². The lowest BCUT2D eigenvalue weighted by Gasteiger charge is -2.09. The number of ketones is 1. The van der Waals surface area contributed by atoms with Gasteiger partial charge in [-0.15, -0.1) is 0 Å². The van der Waals surface area contributed by atoms with Crippen molar-refractivity contribution in [2.75, 3.05) is 13.2 Å². The number of carbonyl (C=O) groups is 1. The molecule has 0 aliphatic carbocycles. The summed E-state index contributed by atoms with van der Waals surface area (Å²) >= 11 is 4.22. The zero-order chi connectivity index (χ0) is 15.0. The summed E-state index contributed by atoms with van der Waals surface area (Å²) in [6.45, 7) is 7.11. The van der Waals surface area contributed by atoms with E-state index in [1.54, 1.807) is 6.20 Å². The second kappa shape index (κ2) is 8.97. The molecule has 112 valence electrons. The standard InChI is InChI=1S/C15H24N2O2S/c1-11(2)14(18)6-4-13-5-7-15(17-10-13)19-9-8-16-12(3)20/h5,7,10-12,16,20H,4,6,8-9H2,1-3H3. The van der Waals surface area contributed by atoms with Crippen molar-refractivity contribution in [1.82, 2.24) is 10.3 Å². The number of nitrogens with zero attached hydrogens (tertiary/aromatic N) is 1. The van der Waals surface area contributed by atoms with Crippen molar-refractivity contribution in [1.29, 1.82) is 0 Å². The molecule has 1 rings (SSSR count). The fourth-order valence-electron chi connectivity index (χ4n) is 1.62.